The van der Waals surface area contributed by atoms with Crippen molar-refractivity contribution < 1.29 is 9.53 Å². The lowest BCUT2D eigenvalue weighted by molar-refractivity contribution is -0.143. The zero-order chi connectivity index (χ0) is 9.68. The van der Waals surface area contributed by atoms with Gasteiger partial charge in [0.05, 0.1) is 13.0 Å². The van der Waals surface area contributed by atoms with E-state index in [4.69, 9.17) is 0 Å². The van der Waals surface area contributed by atoms with E-state index in [9.17, 15) is 4.79 Å². The largest absolute Gasteiger partial charge is 0.469 e. The molecule has 0 aromatic heterocycles. The van der Waals surface area contributed by atoms with Gasteiger partial charge in [0.15, 0.2) is 0 Å². The number of hydrogen-bond donors (Lipinski definition) is 0. The van der Waals surface area contributed by atoms with Crippen LogP contribution < -0.4 is 0 Å². The second-order valence-corrected chi connectivity index (χ2v) is 5.38. The van der Waals surface area contributed by atoms with Gasteiger partial charge in [-0.2, -0.15) is 0 Å². The zero-order valence-corrected chi connectivity index (χ0v) is 9.54. The third-order valence-corrected chi connectivity index (χ3v) is 4.27. The second-order valence-electron chi connectivity index (χ2n) is 2.85. The van der Waals surface area contributed by atoms with E-state index < -0.39 is 0 Å². The van der Waals surface area contributed by atoms with Crippen molar-refractivity contribution in [2.75, 3.05) is 18.6 Å². The molecule has 0 aromatic carbocycles. The summed E-state index contributed by atoms with van der Waals surface area (Å²) in [6, 6.07) is 0. The van der Waals surface area contributed by atoms with E-state index in [1.807, 2.05) is 36.5 Å². The molecule has 0 aliphatic carbocycles. The molecular formula is C9H14O2S2. The third kappa shape index (κ3) is 3.65. The fourth-order valence-corrected chi connectivity index (χ4v) is 3.60. The zero-order valence-electron chi connectivity index (χ0n) is 7.91. The molecule has 74 valence electrons. The van der Waals surface area contributed by atoms with E-state index >= 15 is 0 Å². The van der Waals surface area contributed by atoms with Gasteiger partial charge in [-0.25, -0.2) is 0 Å². The summed E-state index contributed by atoms with van der Waals surface area (Å²) in [6.45, 7) is 1.87. The van der Waals surface area contributed by atoms with Gasteiger partial charge in [0.25, 0.3) is 0 Å². The van der Waals surface area contributed by atoms with Gasteiger partial charge < -0.3 is 4.74 Å². The molecule has 1 fully saturated rings. The summed E-state index contributed by atoms with van der Waals surface area (Å²) in [4.78, 5) is 11.1. The van der Waals surface area contributed by atoms with Crippen molar-refractivity contribution >= 4 is 29.5 Å². The first-order valence-corrected chi connectivity index (χ1v) is 6.26. The van der Waals surface area contributed by atoms with E-state index in [-0.39, 0.29) is 11.9 Å². The molecule has 2 nitrogen and oxygen atoms in total. The van der Waals surface area contributed by atoms with Gasteiger partial charge in [-0.15, -0.1) is 23.5 Å². The van der Waals surface area contributed by atoms with Crippen LogP contribution >= 0.6 is 23.5 Å². The summed E-state index contributed by atoms with van der Waals surface area (Å²) in [6.07, 6.45) is 3.26. The van der Waals surface area contributed by atoms with Crippen LogP contribution in [0.15, 0.2) is 10.3 Å². The van der Waals surface area contributed by atoms with Crippen LogP contribution in [0.5, 0.6) is 0 Å². The van der Waals surface area contributed by atoms with Crippen LogP contribution in [-0.4, -0.2) is 24.6 Å². The van der Waals surface area contributed by atoms with Gasteiger partial charge in [0.1, 0.15) is 0 Å². The molecule has 0 spiro atoms. The summed E-state index contributed by atoms with van der Waals surface area (Å²) in [7, 11) is 1.43. The number of methoxy groups -OCH3 is 1. The van der Waals surface area contributed by atoms with E-state index in [0.29, 0.717) is 0 Å². The Bertz CT molecular complexity index is 206. The molecule has 0 amide bonds. The van der Waals surface area contributed by atoms with E-state index in [0.717, 1.165) is 0 Å². The number of hydrogen-bond acceptors (Lipinski definition) is 4. The predicted octanol–water partition coefficient (Wildman–Crippen LogP) is 2.51. The molecule has 1 aliphatic heterocycles. The van der Waals surface area contributed by atoms with Crippen LogP contribution in [0, 0.1) is 5.92 Å². The first-order valence-electron chi connectivity index (χ1n) is 4.29. The first-order chi connectivity index (χ1) is 6.24. The van der Waals surface area contributed by atoms with Gasteiger partial charge in [-0.05, 0) is 24.9 Å². The lowest BCUT2D eigenvalue weighted by atomic mass is 10.2. The molecule has 0 aromatic rings. The summed E-state index contributed by atoms with van der Waals surface area (Å²) < 4.78 is 5.92. The minimum atomic E-state index is -0.153. The third-order valence-electron chi connectivity index (χ3n) is 1.74. The number of carbonyl (C=O) groups is 1. The van der Waals surface area contributed by atoms with Gasteiger partial charge in [0.2, 0.25) is 0 Å². The maximum absolute atomic E-state index is 11.1. The molecular weight excluding hydrogens is 204 g/mol. The Morgan fingerprint density at radius 1 is 1.54 bits per heavy atom. The average molecular weight is 218 g/mol. The fourth-order valence-electron chi connectivity index (χ4n) is 1.00. The number of carbonyl (C=O) groups excluding carboxylic acids is 1. The van der Waals surface area contributed by atoms with Crippen LogP contribution in [0.3, 0.4) is 0 Å². The lowest BCUT2D eigenvalue weighted by Crippen LogP contribution is -2.10. The minimum absolute atomic E-state index is 0.113. The maximum atomic E-state index is 11.1. The Hall–Kier alpha value is -0.0900. The van der Waals surface area contributed by atoms with Crippen LogP contribution in [0.4, 0.5) is 0 Å². The highest BCUT2D eigenvalue weighted by atomic mass is 32.2. The van der Waals surface area contributed by atoms with Crippen molar-refractivity contribution in [3.8, 4) is 0 Å². The first kappa shape index (κ1) is 11.0. The summed E-state index contributed by atoms with van der Waals surface area (Å²) in [5.41, 5.74) is 0. The number of thioether (sulfide) groups is 2. The Morgan fingerprint density at radius 2 is 2.15 bits per heavy atom. The highest BCUT2D eigenvalue weighted by Crippen LogP contribution is 2.35. The van der Waals surface area contributed by atoms with Crippen molar-refractivity contribution in [1.82, 2.24) is 0 Å². The average Bonchev–Trinajstić information content (AvgIpc) is 2.18. The number of esters is 1. The standard InChI is InChI=1S/C9H14O2S2/c1-7(9(10)11-2)6-8-12-4-3-5-13-8/h6-7H,3-5H2,1-2H3. The summed E-state index contributed by atoms with van der Waals surface area (Å²) >= 11 is 3.67. The van der Waals surface area contributed by atoms with Crippen molar-refractivity contribution in [2.45, 2.75) is 13.3 Å². The number of rotatable bonds is 2. The molecule has 1 atom stereocenters. The maximum Gasteiger partial charge on any atom is 0.312 e. The van der Waals surface area contributed by atoms with Crippen molar-refractivity contribution in [3.05, 3.63) is 10.3 Å². The summed E-state index contributed by atoms with van der Waals surface area (Å²) in [5.74, 6) is 2.08. The Balaban J connectivity index is 2.47. The SMILES string of the molecule is COC(=O)C(C)C=C1SCCCS1. The molecule has 1 rings (SSSR count). The monoisotopic (exact) mass is 218 g/mol. The molecule has 13 heavy (non-hydrogen) atoms. The fraction of sp³-hybridized carbons (Fsp3) is 0.667. The lowest BCUT2D eigenvalue weighted by Gasteiger charge is -2.13. The molecule has 1 unspecified atom stereocenters. The molecule has 0 N–H and O–H groups in total. The Morgan fingerprint density at radius 3 is 2.69 bits per heavy atom. The van der Waals surface area contributed by atoms with E-state index in [1.54, 1.807) is 0 Å². The Kier molecular flexibility index (Phi) is 4.73. The van der Waals surface area contributed by atoms with Crippen LogP contribution in [0.2, 0.25) is 0 Å². The van der Waals surface area contributed by atoms with E-state index in [2.05, 4.69) is 4.74 Å². The predicted molar refractivity (Wildman–Crippen MR) is 58.8 cm³/mol. The normalized spacial score (nSPS) is 19.4. The van der Waals surface area contributed by atoms with Gasteiger partial charge in [-0.1, -0.05) is 6.08 Å². The highest BCUT2D eigenvalue weighted by molar-refractivity contribution is 8.22. The Labute approximate surface area is 87.5 Å². The quantitative estimate of drug-likeness (QED) is 0.665. The molecule has 1 heterocycles. The molecule has 0 radical (unpaired) electrons. The van der Waals surface area contributed by atoms with Crippen LogP contribution in [-0.2, 0) is 9.53 Å². The van der Waals surface area contributed by atoms with Gasteiger partial charge in [0, 0.05) is 4.24 Å². The van der Waals surface area contributed by atoms with Gasteiger partial charge >= 0.3 is 5.97 Å². The van der Waals surface area contributed by atoms with Gasteiger partial charge in [-0.3, -0.25) is 4.79 Å². The molecule has 0 bridgehead atoms. The molecule has 4 heteroatoms. The smallest absolute Gasteiger partial charge is 0.312 e. The summed E-state index contributed by atoms with van der Waals surface area (Å²) in [5, 5.41) is 0. The van der Waals surface area contributed by atoms with Crippen molar-refractivity contribution in [1.29, 1.82) is 0 Å². The number of ether oxygens (including phenoxy) is 1. The highest BCUT2D eigenvalue weighted by Gasteiger charge is 2.13. The van der Waals surface area contributed by atoms with Crippen LogP contribution in [0.25, 0.3) is 0 Å². The molecule has 1 aliphatic rings. The molecule has 1 saturated heterocycles. The minimum Gasteiger partial charge on any atom is -0.469 e. The van der Waals surface area contributed by atoms with Crippen LogP contribution in [0.1, 0.15) is 13.3 Å². The van der Waals surface area contributed by atoms with Crippen molar-refractivity contribution in [3.63, 3.8) is 0 Å². The van der Waals surface area contributed by atoms with Crippen molar-refractivity contribution in [2.24, 2.45) is 5.92 Å². The molecule has 0 saturated carbocycles. The topological polar surface area (TPSA) is 26.3 Å². The second kappa shape index (κ2) is 5.60. The van der Waals surface area contributed by atoms with E-state index in [1.165, 1.54) is 29.3 Å².